The Hall–Kier alpha value is -1.07. The number of rotatable bonds is 6. The van der Waals surface area contributed by atoms with E-state index in [2.05, 4.69) is 15.3 Å². The lowest BCUT2D eigenvalue weighted by Crippen LogP contribution is -2.13. The summed E-state index contributed by atoms with van der Waals surface area (Å²) in [5, 5.41) is 12.7. The lowest BCUT2D eigenvalue weighted by atomic mass is 10.2. The molecule has 0 saturated heterocycles. The van der Waals surface area contributed by atoms with Crippen LogP contribution in [0.15, 0.2) is 6.33 Å². The van der Waals surface area contributed by atoms with Crippen molar-refractivity contribution in [1.82, 2.24) is 9.97 Å². The molecule has 1 rings (SSSR count). The quantitative estimate of drug-likeness (QED) is 0.747. The summed E-state index contributed by atoms with van der Waals surface area (Å²) in [6.07, 6.45) is 2.46. The number of aliphatic hydroxyl groups is 1. The first-order chi connectivity index (χ1) is 7.69. The first-order valence-electron chi connectivity index (χ1n) is 5.15. The van der Waals surface area contributed by atoms with Crippen LogP contribution in [0.3, 0.4) is 0 Å². The van der Waals surface area contributed by atoms with Crippen LogP contribution >= 0.6 is 11.6 Å². The molecule has 1 heterocycles. The van der Waals surface area contributed by atoms with Crippen molar-refractivity contribution >= 4 is 17.4 Å². The van der Waals surface area contributed by atoms with Gasteiger partial charge in [-0.2, -0.15) is 0 Å². The zero-order valence-electron chi connectivity index (χ0n) is 9.40. The largest absolute Gasteiger partial charge is 0.490 e. The number of nitrogens with one attached hydrogen (secondary N) is 1. The first-order valence-corrected chi connectivity index (χ1v) is 5.53. The molecule has 2 N–H and O–H groups in total. The van der Waals surface area contributed by atoms with Crippen LogP contribution in [-0.4, -0.2) is 34.8 Å². The van der Waals surface area contributed by atoms with Gasteiger partial charge < -0.3 is 15.2 Å². The smallest absolute Gasteiger partial charge is 0.198 e. The van der Waals surface area contributed by atoms with Crippen LogP contribution in [0.4, 0.5) is 5.82 Å². The van der Waals surface area contributed by atoms with Crippen molar-refractivity contribution in [1.29, 1.82) is 0 Å². The van der Waals surface area contributed by atoms with Crippen LogP contribution < -0.4 is 10.1 Å². The van der Waals surface area contributed by atoms with Gasteiger partial charge in [0.15, 0.2) is 16.7 Å². The number of aliphatic hydroxyl groups excluding tert-OH is 1. The van der Waals surface area contributed by atoms with Gasteiger partial charge in [-0.3, -0.25) is 0 Å². The highest BCUT2D eigenvalue weighted by atomic mass is 35.5. The Bertz CT molecular complexity index is 336. The number of hydrogen-bond donors (Lipinski definition) is 2. The predicted molar refractivity (Wildman–Crippen MR) is 63.0 cm³/mol. The minimum atomic E-state index is -0.296. The van der Waals surface area contributed by atoms with Gasteiger partial charge in [-0.05, 0) is 12.8 Å². The maximum Gasteiger partial charge on any atom is 0.198 e. The number of hydrogen-bond acceptors (Lipinski definition) is 5. The molecule has 0 bridgehead atoms. The molecular weight excluding hydrogens is 230 g/mol. The average molecular weight is 246 g/mol. The lowest BCUT2D eigenvalue weighted by Gasteiger charge is -2.12. The van der Waals surface area contributed by atoms with Crippen molar-refractivity contribution in [3.05, 3.63) is 11.5 Å². The number of ether oxygens (including phenoxy) is 1. The van der Waals surface area contributed by atoms with Gasteiger partial charge in [-0.15, -0.1) is 0 Å². The molecule has 0 aliphatic rings. The van der Waals surface area contributed by atoms with E-state index < -0.39 is 0 Å². The fourth-order valence-electron chi connectivity index (χ4n) is 1.22. The second-order valence-corrected chi connectivity index (χ2v) is 3.68. The van der Waals surface area contributed by atoms with E-state index in [1.54, 1.807) is 0 Å². The Morgan fingerprint density at radius 1 is 1.56 bits per heavy atom. The van der Waals surface area contributed by atoms with Crippen molar-refractivity contribution in [2.75, 3.05) is 19.0 Å². The Labute approximate surface area is 99.8 Å². The molecule has 90 valence electrons. The van der Waals surface area contributed by atoms with Crippen LogP contribution in [-0.2, 0) is 0 Å². The van der Waals surface area contributed by atoms with E-state index in [4.69, 9.17) is 16.3 Å². The molecule has 0 amide bonds. The fourth-order valence-corrected chi connectivity index (χ4v) is 1.43. The van der Waals surface area contributed by atoms with Crippen molar-refractivity contribution in [2.24, 2.45) is 0 Å². The molecule has 0 aliphatic heterocycles. The summed E-state index contributed by atoms with van der Waals surface area (Å²) in [5.74, 6) is 0.973. The normalized spacial score (nSPS) is 12.2. The molecule has 6 heteroatoms. The summed E-state index contributed by atoms with van der Waals surface area (Å²) in [4.78, 5) is 7.83. The van der Waals surface area contributed by atoms with Crippen LogP contribution in [0.5, 0.6) is 5.75 Å². The molecule has 0 radical (unpaired) electrons. The van der Waals surface area contributed by atoms with Gasteiger partial charge >= 0.3 is 0 Å². The first kappa shape index (κ1) is 13.0. The SMILES string of the molecule is CCC(O)CCNc1ncnc(Cl)c1OC. The average Bonchev–Trinajstić information content (AvgIpc) is 2.29. The van der Waals surface area contributed by atoms with Gasteiger partial charge in [-0.25, -0.2) is 9.97 Å². The fraction of sp³-hybridized carbons (Fsp3) is 0.600. The molecule has 1 unspecified atom stereocenters. The predicted octanol–water partition coefficient (Wildman–Crippen LogP) is 1.71. The number of nitrogens with zero attached hydrogens (tertiary/aromatic N) is 2. The number of methoxy groups -OCH3 is 1. The van der Waals surface area contributed by atoms with E-state index >= 15 is 0 Å². The van der Waals surface area contributed by atoms with Gasteiger partial charge in [0.05, 0.1) is 13.2 Å². The summed E-state index contributed by atoms with van der Waals surface area (Å²) < 4.78 is 5.08. The Morgan fingerprint density at radius 3 is 2.94 bits per heavy atom. The summed E-state index contributed by atoms with van der Waals surface area (Å²) in [5.41, 5.74) is 0. The minimum Gasteiger partial charge on any atom is -0.490 e. The number of aromatic nitrogens is 2. The summed E-state index contributed by atoms with van der Waals surface area (Å²) in [6, 6.07) is 0. The zero-order chi connectivity index (χ0) is 12.0. The van der Waals surface area contributed by atoms with E-state index in [9.17, 15) is 5.11 Å². The second-order valence-electron chi connectivity index (χ2n) is 3.32. The molecule has 1 aromatic rings. The molecule has 5 nitrogen and oxygen atoms in total. The summed E-state index contributed by atoms with van der Waals surface area (Å²) in [7, 11) is 1.51. The molecule has 0 saturated carbocycles. The number of anilines is 1. The Balaban J connectivity index is 2.56. The maximum absolute atomic E-state index is 9.39. The van der Waals surface area contributed by atoms with Crippen molar-refractivity contribution in [3.63, 3.8) is 0 Å². The highest BCUT2D eigenvalue weighted by Gasteiger charge is 2.09. The van der Waals surface area contributed by atoms with E-state index in [1.807, 2.05) is 6.92 Å². The highest BCUT2D eigenvalue weighted by Crippen LogP contribution is 2.28. The van der Waals surface area contributed by atoms with E-state index in [-0.39, 0.29) is 11.3 Å². The van der Waals surface area contributed by atoms with Crippen molar-refractivity contribution in [3.8, 4) is 5.75 Å². The number of halogens is 1. The zero-order valence-corrected chi connectivity index (χ0v) is 10.2. The maximum atomic E-state index is 9.39. The van der Waals surface area contributed by atoms with Gasteiger partial charge in [0, 0.05) is 6.54 Å². The molecule has 0 spiro atoms. The monoisotopic (exact) mass is 245 g/mol. The second kappa shape index (κ2) is 6.50. The molecule has 1 atom stereocenters. The third-order valence-corrected chi connectivity index (χ3v) is 2.47. The van der Waals surface area contributed by atoms with Gasteiger partial charge in [0.25, 0.3) is 0 Å². The van der Waals surface area contributed by atoms with E-state index in [1.165, 1.54) is 13.4 Å². The summed E-state index contributed by atoms with van der Waals surface area (Å²) >= 11 is 5.83. The van der Waals surface area contributed by atoms with Crippen LogP contribution in [0, 0.1) is 0 Å². The molecule has 0 aliphatic carbocycles. The van der Waals surface area contributed by atoms with Gasteiger partial charge in [0.2, 0.25) is 0 Å². The molecule has 16 heavy (non-hydrogen) atoms. The lowest BCUT2D eigenvalue weighted by molar-refractivity contribution is 0.164. The van der Waals surface area contributed by atoms with Crippen LogP contribution in [0.1, 0.15) is 19.8 Å². The van der Waals surface area contributed by atoms with Crippen molar-refractivity contribution in [2.45, 2.75) is 25.9 Å². The third kappa shape index (κ3) is 3.50. The summed E-state index contributed by atoms with van der Waals surface area (Å²) in [6.45, 7) is 2.55. The van der Waals surface area contributed by atoms with Gasteiger partial charge in [-0.1, -0.05) is 18.5 Å². The van der Waals surface area contributed by atoms with Crippen LogP contribution in [0.25, 0.3) is 0 Å². The highest BCUT2D eigenvalue weighted by molar-refractivity contribution is 6.31. The van der Waals surface area contributed by atoms with Gasteiger partial charge in [0.1, 0.15) is 6.33 Å². The standard InChI is InChI=1S/C10H16ClN3O2/c1-3-7(15)4-5-12-10-8(16-2)9(11)13-6-14-10/h6-7,15H,3-5H2,1-2H3,(H,12,13,14). The van der Waals surface area contributed by atoms with Crippen molar-refractivity contribution < 1.29 is 9.84 Å². The Kier molecular flexibility index (Phi) is 5.28. The minimum absolute atomic E-state index is 0.274. The topological polar surface area (TPSA) is 67.3 Å². The molecular formula is C10H16ClN3O2. The third-order valence-electron chi connectivity index (χ3n) is 2.21. The Morgan fingerprint density at radius 2 is 2.31 bits per heavy atom. The molecule has 0 fully saturated rings. The van der Waals surface area contributed by atoms with Crippen LogP contribution in [0.2, 0.25) is 5.15 Å². The van der Waals surface area contributed by atoms with E-state index in [0.29, 0.717) is 24.5 Å². The molecule has 0 aromatic carbocycles. The van der Waals surface area contributed by atoms with E-state index in [0.717, 1.165) is 6.42 Å². The molecule has 1 aromatic heterocycles.